The first-order valence-corrected chi connectivity index (χ1v) is 2.54. The van der Waals surface area contributed by atoms with Gasteiger partial charge in [-0.15, -0.1) is 0 Å². The zero-order valence-corrected chi connectivity index (χ0v) is 5.43. The number of hydrogen-bond acceptors (Lipinski definition) is 0. The van der Waals surface area contributed by atoms with Gasteiger partial charge in [-0.1, -0.05) is 0 Å². The quantitative estimate of drug-likeness (QED) is 0.440. The molecular formula is C3H4Sn. The molecule has 0 aliphatic heterocycles. The molecule has 0 aromatic carbocycles. The Labute approximate surface area is 39.1 Å². The molecule has 0 aromatic heterocycles. The Morgan fingerprint density at radius 2 is 2.25 bits per heavy atom. The van der Waals surface area contributed by atoms with E-state index in [0.29, 0.717) is 0 Å². The van der Waals surface area contributed by atoms with Crippen LogP contribution in [0, 0.1) is 0 Å². The molecule has 0 fully saturated rings. The van der Waals surface area contributed by atoms with E-state index in [-0.39, 0.29) is 0 Å². The molecule has 0 aliphatic carbocycles. The van der Waals surface area contributed by atoms with Gasteiger partial charge in [0.2, 0.25) is 0 Å². The van der Waals surface area contributed by atoms with Gasteiger partial charge in [0.25, 0.3) is 0 Å². The molecule has 4 heavy (non-hydrogen) atoms. The Morgan fingerprint density at radius 1 is 2.00 bits per heavy atom. The number of allylic oxidation sites excluding steroid dienone is 1. The molecule has 0 atom stereocenters. The van der Waals surface area contributed by atoms with Gasteiger partial charge in [-0.2, -0.15) is 0 Å². The van der Waals surface area contributed by atoms with Crippen molar-refractivity contribution >= 4 is 25.7 Å². The van der Waals surface area contributed by atoms with E-state index in [1.807, 2.05) is 13.0 Å². The predicted molar refractivity (Wildman–Crippen MR) is 21.0 cm³/mol. The van der Waals surface area contributed by atoms with Crippen LogP contribution in [-0.2, 0) is 0 Å². The summed E-state index contributed by atoms with van der Waals surface area (Å²) >= 11 is 1.36. The van der Waals surface area contributed by atoms with Gasteiger partial charge in [-0.3, -0.25) is 0 Å². The number of rotatable bonds is 0. The van der Waals surface area contributed by atoms with E-state index in [9.17, 15) is 0 Å². The molecular weight excluding hydrogens is 155 g/mol. The summed E-state index contributed by atoms with van der Waals surface area (Å²) in [6.07, 6.45) is 1.92. The first-order valence-electron chi connectivity index (χ1n) is 1.12. The van der Waals surface area contributed by atoms with Crippen LogP contribution in [0.3, 0.4) is 0 Å². The summed E-state index contributed by atoms with van der Waals surface area (Å²) in [5.74, 6) is 0. The summed E-state index contributed by atoms with van der Waals surface area (Å²) in [7, 11) is 0. The molecule has 0 nitrogen and oxygen atoms in total. The van der Waals surface area contributed by atoms with Crippen LogP contribution in [0.25, 0.3) is 0 Å². The van der Waals surface area contributed by atoms with Crippen molar-refractivity contribution in [2.45, 2.75) is 6.92 Å². The van der Waals surface area contributed by atoms with Crippen molar-refractivity contribution in [3.8, 4) is 0 Å². The second kappa shape index (κ2) is 3.45. The van der Waals surface area contributed by atoms with Crippen LogP contribution < -0.4 is 0 Å². The third kappa shape index (κ3) is 2.45. The topological polar surface area (TPSA) is 0 Å². The van der Waals surface area contributed by atoms with E-state index in [1.165, 1.54) is 22.1 Å². The van der Waals surface area contributed by atoms with Gasteiger partial charge in [-0.25, -0.2) is 0 Å². The summed E-state index contributed by atoms with van der Waals surface area (Å²) in [6.45, 7) is 1.97. The van der Waals surface area contributed by atoms with Gasteiger partial charge in [-0.05, 0) is 0 Å². The molecule has 1 heteroatoms. The normalized spacial score (nSPS) is 4.25. The summed E-state index contributed by atoms with van der Waals surface area (Å²) < 4.78 is 2.90. The van der Waals surface area contributed by atoms with Crippen molar-refractivity contribution in [2.24, 2.45) is 0 Å². The van der Waals surface area contributed by atoms with E-state index in [2.05, 4.69) is 3.68 Å². The fraction of sp³-hybridized carbons (Fsp3) is 0.333. The average Bonchev–Trinajstić information content (AvgIpc) is 1.37. The molecule has 0 bridgehead atoms. The van der Waals surface area contributed by atoms with Crippen LogP contribution in [0.4, 0.5) is 0 Å². The van der Waals surface area contributed by atoms with E-state index >= 15 is 0 Å². The maximum absolute atomic E-state index is 2.90. The summed E-state index contributed by atoms with van der Waals surface area (Å²) in [6, 6.07) is 0. The molecule has 0 aliphatic rings. The Morgan fingerprint density at radius 3 is 2.25 bits per heavy atom. The van der Waals surface area contributed by atoms with E-state index < -0.39 is 0 Å². The summed E-state index contributed by atoms with van der Waals surface area (Å²) in [5.41, 5.74) is 0. The minimum absolute atomic E-state index is 1.36. The van der Waals surface area contributed by atoms with Gasteiger partial charge in [0.15, 0.2) is 0 Å². The predicted octanol–water partition coefficient (Wildman–Crippen LogP) is 0.132. The van der Waals surface area contributed by atoms with E-state index in [4.69, 9.17) is 0 Å². The molecule has 2 radical (unpaired) electrons. The van der Waals surface area contributed by atoms with Crippen LogP contribution in [0.15, 0.2) is 6.08 Å². The number of hydrogen-bond donors (Lipinski definition) is 0. The average molecular weight is 159 g/mol. The zero-order chi connectivity index (χ0) is 3.41. The first kappa shape index (κ1) is 4.45. The van der Waals surface area contributed by atoms with Gasteiger partial charge >= 0.3 is 38.7 Å². The fourth-order valence-electron chi connectivity index (χ4n) is 0. The van der Waals surface area contributed by atoms with Crippen LogP contribution in [0.5, 0.6) is 0 Å². The molecule has 20 valence electrons. The Kier molecular flexibility index (Phi) is 3.84. The van der Waals surface area contributed by atoms with E-state index in [1.54, 1.807) is 0 Å². The van der Waals surface area contributed by atoms with Gasteiger partial charge in [0.1, 0.15) is 0 Å². The molecule has 0 saturated carbocycles. The Bertz CT molecular complexity index is 41.2. The van der Waals surface area contributed by atoms with Gasteiger partial charge in [0, 0.05) is 0 Å². The monoisotopic (exact) mass is 160 g/mol. The zero-order valence-electron chi connectivity index (χ0n) is 2.58. The van der Waals surface area contributed by atoms with Crippen LogP contribution in [0.1, 0.15) is 6.92 Å². The Hall–Kier alpha value is 0.449. The van der Waals surface area contributed by atoms with Crippen LogP contribution in [0.2, 0.25) is 0 Å². The molecule has 0 rings (SSSR count). The molecule has 0 heterocycles. The van der Waals surface area contributed by atoms with Crippen molar-refractivity contribution in [3.05, 3.63) is 6.08 Å². The Balaban J connectivity index is 3.11. The van der Waals surface area contributed by atoms with Crippen molar-refractivity contribution in [3.63, 3.8) is 0 Å². The van der Waals surface area contributed by atoms with E-state index in [0.717, 1.165) is 0 Å². The molecule has 0 spiro atoms. The minimum atomic E-state index is 1.36. The van der Waals surface area contributed by atoms with Crippen LogP contribution >= 0.6 is 0 Å². The standard InChI is InChI=1S/C3H4.Sn/c1-3-2;/h3H,1H3;. The molecule has 0 amide bonds. The van der Waals surface area contributed by atoms with Crippen molar-refractivity contribution < 1.29 is 0 Å². The summed E-state index contributed by atoms with van der Waals surface area (Å²) in [4.78, 5) is 0. The third-order valence-electron chi connectivity index (χ3n) is 0.144. The molecule has 0 aromatic rings. The third-order valence-corrected chi connectivity index (χ3v) is 0.968. The molecule has 0 N–H and O–H groups in total. The summed E-state index contributed by atoms with van der Waals surface area (Å²) in [5, 5.41) is 0. The second-order valence-electron chi connectivity index (χ2n) is 0.433. The van der Waals surface area contributed by atoms with Crippen molar-refractivity contribution in [1.82, 2.24) is 0 Å². The van der Waals surface area contributed by atoms with Crippen molar-refractivity contribution in [1.29, 1.82) is 0 Å². The van der Waals surface area contributed by atoms with Gasteiger partial charge < -0.3 is 0 Å². The second-order valence-corrected chi connectivity index (χ2v) is 1.26. The fourth-order valence-corrected chi connectivity index (χ4v) is 0. The van der Waals surface area contributed by atoms with Crippen molar-refractivity contribution in [2.75, 3.05) is 0 Å². The molecule has 0 unspecified atom stereocenters. The van der Waals surface area contributed by atoms with Gasteiger partial charge in [0.05, 0.1) is 0 Å². The van der Waals surface area contributed by atoms with Crippen LogP contribution in [-0.4, -0.2) is 25.7 Å². The first-order chi connectivity index (χ1) is 1.91. The molecule has 0 saturated heterocycles. The maximum atomic E-state index is 2.90. The SMILES string of the molecule is CC=[C]=[Sn].